The molecule has 0 aliphatic heterocycles. The molecule has 3 N–H and O–H groups in total. The third-order valence-electron chi connectivity index (χ3n) is 3.03. The number of anilines is 2. The van der Waals surface area contributed by atoms with Crippen LogP contribution in [-0.2, 0) is 16.3 Å². The van der Waals surface area contributed by atoms with Crippen LogP contribution in [0.25, 0.3) is 0 Å². The van der Waals surface area contributed by atoms with Crippen LogP contribution in [0.4, 0.5) is 11.5 Å². The van der Waals surface area contributed by atoms with Crippen LogP contribution in [0.5, 0.6) is 0 Å². The Labute approximate surface area is 138 Å². The Hall–Kier alpha value is -2.19. The maximum absolute atomic E-state index is 11.5. The van der Waals surface area contributed by atoms with Crippen molar-refractivity contribution >= 4 is 38.9 Å². The van der Waals surface area contributed by atoms with Gasteiger partial charge in [-0.25, -0.2) is 18.4 Å². The fourth-order valence-corrected chi connectivity index (χ4v) is 2.75. The van der Waals surface area contributed by atoms with E-state index in [1.165, 1.54) is 12.1 Å². The molecule has 2 rings (SSSR count). The van der Waals surface area contributed by atoms with Crippen molar-refractivity contribution in [2.24, 2.45) is 5.73 Å². The van der Waals surface area contributed by atoms with Crippen LogP contribution in [0.15, 0.2) is 29.2 Å². The van der Waals surface area contributed by atoms with Gasteiger partial charge in [-0.15, -0.1) is 0 Å². The summed E-state index contributed by atoms with van der Waals surface area (Å²) in [7, 11) is -3.28. The number of aromatic nitrogens is 2. The highest BCUT2D eigenvalue weighted by Crippen LogP contribution is 2.23. The summed E-state index contributed by atoms with van der Waals surface area (Å²) in [6, 6.07) is 5.98. The number of aryl methyl sites for hydroxylation is 1. The summed E-state index contributed by atoms with van der Waals surface area (Å²) in [5.41, 5.74) is 6.28. The molecule has 23 heavy (non-hydrogen) atoms. The highest BCUT2D eigenvalue weighted by molar-refractivity contribution is 7.90. The van der Waals surface area contributed by atoms with Gasteiger partial charge in [0.2, 0.25) is 0 Å². The van der Waals surface area contributed by atoms with E-state index in [9.17, 15) is 13.2 Å². The number of carbonyl (C=O) groups excluding carboxylic acids is 1. The molecule has 122 valence electrons. The average Bonchev–Trinajstić information content (AvgIpc) is 2.46. The number of hydrogen-bond donors (Lipinski definition) is 2. The first kappa shape index (κ1) is 17.2. The maximum Gasteiger partial charge on any atom is 0.271 e. The lowest BCUT2D eigenvalue weighted by Gasteiger charge is -2.11. The lowest BCUT2D eigenvalue weighted by Crippen LogP contribution is -2.18. The number of carbonyl (C=O) groups is 1. The second kappa shape index (κ2) is 6.51. The fourth-order valence-electron chi connectivity index (χ4n) is 1.86. The lowest BCUT2D eigenvalue weighted by molar-refractivity contribution is 0.0996. The van der Waals surface area contributed by atoms with Crippen molar-refractivity contribution in [2.75, 3.05) is 11.6 Å². The largest absolute Gasteiger partial charge is 0.364 e. The van der Waals surface area contributed by atoms with E-state index in [-0.39, 0.29) is 21.6 Å². The fraction of sp³-hybridized carbons (Fsp3) is 0.214. The minimum absolute atomic E-state index is 0.0292. The van der Waals surface area contributed by atoms with Gasteiger partial charge in [-0.1, -0.05) is 18.5 Å². The summed E-state index contributed by atoms with van der Waals surface area (Å²) in [5.74, 6) is -0.620. The van der Waals surface area contributed by atoms with Gasteiger partial charge in [0.25, 0.3) is 5.91 Å². The van der Waals surface area contributed by atoms with Crippen molar-refractivity contribution in [3.05, 3.63) is 40.8 Å². The van der Waals surface area contributed by atoms with E-state index >= 15 is 0 Å². The summed E-state index contributed by atoms with van der Waals surface area (Å²) in [6.45, 7) is 1.83. The van der Waals surface area contributed by atoms with Gasteiger partial charge in [0.15, 0.2) is 26.5 Å². The van der Waals surface area contributed by atoms with E-state index in [2.05, 4.69) is 15.3 Å². The van der Waals surface area contributed by atoms with Crippen molar-refractivity contribution < 1.29 is 13.2 Å². The average molecular weight is 355 g/mol. The molecular formula is C14H15ClN4O3S. The Morgan fingerprint density at radius 2 is 1.87 bits per heavy atom. The number of sulfone groups is 1. The zero-order valence-corrected chi connectivity index (χ0v) is 14.1. The molecule has 0 atom stereocenters. The van der Waals surface area contributed by atoms with Crippen LogP contribution >= 0.6 is 11.6 Å². The summed E-state index contributed by atoms with van der Waals surface area (Å²) < 4.78 is 22.9. The number of amides is 1. The quantitative estimate of drug-likeness (QED) is 0.847. The molecule has 7 nitrogen and oxygen atoms in total. The summed E-state index contributed by atoms with van der Waals surface area (Å²) >= 11 is 6.01. The van der Waals surface area contributed by atoms with Crippen molar-refractivity contribution in [1.29, 1.82) is 0 Å². The van der Waals surface area contributed by atoms with Gasteiger partial charge in [-0.3, -0.25) is 4.79 Å². The predicted octanol–water partition coefficient (Wildman–Crippen LogP) is 1.94. The van der Waals surface area contributed by atoms with Crippen LogP contribution in [0.2, 0.25) is 5.15 Å². The molecule has 2 aromatic rings. The van der Waals surface area contributed by atoms with Crippen LogP contribution < -0.4 is 11.1 Å². The van der Waals surface area contributed by atoms with Gasteiger partial charge in [0, 0.05) is 11.9 Å². The summed E-state index contributed by atoms with van der Waals surface area (Å²) in [5, 5.41) is 3.04. The number of primary amides is 1. The first-order valence-electron chi connectivity index (χ1n) is 6.65. The van der Waals surface area contributed by atoms with E-state index in [0.717, 1.165) is 6.26 Å². The molecule has 1 aromatic carbocycles. The number of halogens is 1. The first-order valence-corrected chi connectivity index (χ1v) is 8.92. The SMILES string of the molecule is CCc1nc(C(N)=O)c(Nc2ccc(S(C)(=O)=O)cc2)nc1Cl. The standard InChI is InChI=1S/C14H15ClN4O3S/c1-3-10-12(15)19-14(11(18-10)13(16)20)17-8-4-6-9(7-5-8)23(2,21)22/h4-7H,3H2,1-2H3,(H2,16,20)(H,17,19). The van der Waals surface area contributed by atoms with Crippen LogP contribution in [0, 0.1) is 0 Å². The number of rotatable bonds is 5. The number of nitrogens with zero attached hydrogens (tertiary/aromatic N) is 2. The number of hydrogen-bond acceptors (Lipinski definition) is 6. The number of nitrogens with one attached hydrogen (secondary N) is 1. The van der Waals surface area contributed by atoms with E-state index in [1.54, 1.807) is 12.1 Å². The third kappa shape index (κ3) is 3.96. The Kier molecular flexibility index (Phi) is 4.86. The second-order valence-corrected chi connectivity index (χ2v) is 7.17. The molecule has 1 amide bonds. The van der Waals surface area contributed by atoms with Crippen molar-refractivity contribution in [3.63, 3.8) is 0 Å². The maximum atomic E-state index is 11.5. The monoisotopic (exact) mass is 354 g/mol. The predicted molar refractivity (Wildman–Crippen MR) is 87.8 cm³/mol. The number of nitrogens with two attached hydrogens (primary N) is 1. The van der Waals surface area contributed by atoms with Gasteiger partial charge in [-0.05, 0) is 30.7 Å². The van der Waals surface area contributed by atoms with Crippen molar-refractivity contribution in [3.8, 4) is 0 Å². The molecule has 0 bridgehead atoms. The normalized spacial score (nSPS) is 11.3. The van der Waals surface area contributed by atoms with Gasteiger partial charge in [0.05, 0.1) is 10.6 Å². The van der Waals surface area contributed by atoms with E-state index in [0.29, 0.717) is 17.8 Å². The molecule has 0 aliphatic rings. The molecule has 0 spiro atoms. The molecular weight excluding hydrogens is 340 g/mol. The zero-order valence-electron chi connectivity index (χ0n) is 12.5. The molecule has 0 fully saturated rings. The number of benzene rings is 1. The molecule has 1 aromatic heterocycles. The zero-order chi connectivity index (χ0) is 17.2. The minimum atomic E-state index is -3.28. The van der Waals surface area contributed by atoms with Gasteiger partial charge >= 0.3 is 0 Å². The van der Waals surface area contributed by atoms with E-state index in [1.807, 2.05) is 6.92 Å². The van der Waals surface area contributed by atoms with E-state index < -0.39 is 15.7 Å². The highest BCUT2D eigenvalue weighted by atomic mass is 35.5. The Morgan fingerprint density at radius 3 is 2.35 bits per heavy atom. The van der Waals surface area contributed by atoms with Crippen LogP contribution in [0.1, 0.15) is 23.1 Å². The smallest absolute Gasteiger partial charge is 0.271 e. The second-order valence-electron chi connectivity index (χ2n) is 4.80. The van der Waals surface area contributed by atoms with Gasteiger partial charge < -0.3 is 11.1 Å². The van der Waals surface area contributed by atoms with Crippen molar-refractivity contribution in [1.82, 2.24) is 9.97 Å². The van der Waals surface area contributed by atoms with Gasteiger partial charge in [0.1, 0.15) is 0 Å². The van der Waals surface area contributed by atoms with Crippen LogP contribution in [0.3, 0.4) is 0 Å². The molecule has 0 saturated carbocycles. The molecule has 0 saturated heterocycles. The Bertz CT molecular complexity index is 851. The molecule has 0 radical (unpaired) electrons. The third-order valence-corrected chi connectivity index (χ3v) is 4.46. The highest BCUT2D eigenvalue weighted by Gasteiger charge is 2.16. The molecule has 0 aliphatic carbocycles. The lowest BCUT2D eigenvalue weighted by atomic mass is 10.3. The minimum Gasteiger partial charge on any atom is -0.364 e. The van der Waals surface area contributed by atoms with Crippen molar-refractivity contribution in [2.45, 2.75) is 18.2 Å². The molecule has 9 heteroatoms. The Morgan fingerprint density at radius 1 is 1.26 bits per heavy atom. The van der Waals surface area contributed by atoms with Crippen LogP contribution in [-0.4, -0.2) is 30.5 Å². The van der Waals surface area contributed by atoms with E-state index in [4.69, 9.17) is 17.3 Å². The summed E-state index contributed by atoms with van der Waals surface area (Å²) in [4.78, 5) is 19.9. The molecule has 0 unspecified atom stereocenters. The topological polar surface area (TPSA) is 115 Å². The first-order chi connectivity index (χ1) is 10.7. The molecule has 1 heterocycles. The van der Waals surface area contributed by atoms with Gasteiger partial charge in [-0.2, -0.15) is 0 Å². The summed E-state index contributed by atoms with van der Waals surface area (Å²) in [6.07, 6.45) is 1.63. The Balaban J connectivity index is 2.40.